The van der Waals surface area contributed by atoms with Crippen molar-refractivity contribution in [3.05, 3.63) is 84.5 Å². The van der Waals surface area contributed by atoms with Gasteiger partial charge in [-0.3, -0.25) is 14.2 Å². The maximum Gasteiger partial charge on any atom is 0.310 e. The van der Waals surface area contributed by atoms with Crippen molar-refractivity contribution in [1.29, 1.82) is 0 Å². The van der Waals surface area contributed by atoms with Crippen LogP contribution in [0.5, 0.6) is 5.75 Å². The fourth-order valence-corrected chi connectivity index (χ4v) is 3.68. The maximum absolute atomic E-state index is 13.3. The number of rotatable bonds is 11. The topological polar surface area (TPSA) is 162 Å². The van der Waals surface area contributed by atoms with Crippen LogP contribution in [-0.2, 0) is 25.6 Å². The lowest BCUT2D eigenvalue weighted by Gasteiger charge is -2.14. The molecule has 2 aromatic carbocycles. The van der Waals surface area contributed by atoms with E-state index in [1.807, 2.05) is 0 Å². The smallest absolute Gasteiger partial charge is 0.310 e. The number of aromatic nitrogens is 1. The highest BCUT2D eigenvalue weighted by atomic mass is 35.5. The van der Waals surface area contributed by atoms with Crippen LogP contribution in [0.4, 0.5) is 0 Å². The van der Waals surface area contributed by atoms with Crippen molar-refractivity contribution in [1.82, 2.24) is 4.57 Å². The van der Waals surface area contributed by atoms with E-state index in [0.717, 1.165) is 0 Å². The molecule has 0 N–H and O–H groups in total. The van der Waals surface area contributed by atoms with E-state index in [1.165, 1.54) is 11.7 Å². The zero-order valence-electron chi connectivity index (χ0n) is 19.0. The van der Waals surface area contributed by atoms with Crippen LogP contribution in [0.2, 0.25) is 5.02 Å². The molecule has 0 aliphatic carbocycles. The van der Waals surface area contributed by atoms with Gasteiger partial charge in [0.05, 0.1) is 19.0 Å². The van der Waals surface area contributed by atoms with E-state index in [-0.39, 0.29) is 12.3 Å². The highest BCUT2D eigenvalue weighted by Crippen LogP contribution is 2.31. The number of ether oxygens (including phenoxy) is 2. The molecule has 0 saturated carbocycles. The van der Waals surface area contributed by atoms with Crippen molar-refractivity contribution in [3.63, 3.8) is 0 Å². The van der Waals surface area contributed by atoms with Gasteiger partial charge in [0, 0.05) is 21.7 Å². The van der Waals surface area contributed by atoms with Crippen LogP contribution in [0.25, 0.3) is 10.9 Å². The molecule has 14 heteroatoms. The van der Waals surface area contributed by atoms with Gasteiger partial charge in [0.15, 0.2) is 6.10 Å². The van der Waals surface area contributed by atoms with Crippen LogP contribution in [0.15, 0.2) is 42.5 Å². The summed E-state index contributed by atoms with van der Waals surface area (Å²) < 4.78 is 11.8. The molecule has 0 aliphatic heterocycles. The second-order valence-corrected chi connectivity index (χ2v) is 7.86. The summed E-state index contributed by atoms with van der Waals surface area (Å²) in [6.45, 7) is 0.178. The van der Waals surface area contributed by atoms with Crippen LogP contribution in [0.1, 0.15) is 21.6 Å². The van der Waals surface area contributed by atoms with E-state index in [0.29, 0.717) is 38.5 Å². The van der Waals surface area contributed by atoms with Gasteiger partial charge < -0.3 is 19.1 Å². The highest BCUT2D eigenvalue weighted by molar-refractivity contribution is 6.30. The molecule has 0 fully saturated rings. The fraction of sp³-hybridized carbons (Fsp3) is 0.273. The molecule has 1 aromatic heterocycles. The predicted molar refractivity (Wildman–Crippen MR) is 124 cm³/mol. The molecule has 3 rings (SSSR count). The number of halogens is 1. The summed E-state index contributed by atoms with van der Waals surface area (Å²) in [6.07, 6.45) is -1.82. The van der Waals surface area contributed by atoms with Crippen LogP contribution in [0.3, 0.4) is 0 Å². The fourth-order valence-electron chi connectivity index (χ4n) is 3.55. The Morgan fingerprint density at radius 3 is 2.36 bits per heavy atom. The minimum atomic E-state index is -1.51. The molecule has 0 saturated heterocycles. The molecule has 190 valence electrons. The van der Waals surface area contributed by atoms with E-state index in [4.69, 9.17) is 21.1 Å². The van der Waals surface area contributed by atoms with Gasteiger partial charge in [-0.1, -0.05) is 11.6 Å². The number of methoxy groups -OCH3 is 1. The average Bonchev–Trinajstić information content (AvgIpc) is 3.10. The molecule has 0 radical (unpaired) electrons. The Hall–Kier alpha value is -4.39. The number of benzene rings is 2. The Morgan fingerprint density at radius 1 is 1.06 bits per heavy atom. The molecule has 0 aliphatic rings. The van der Waals surface area contributed by atoms with Crippen molar-refractivity contribution in [3.8, 4) is 5.75 Å². The third-order valence-electron chi connectivity index (χ3n) is 5.19. The van der Waals surface area contributed by atoms with Gasteiger partial charge in [-0.15, -0.1) is 20.2 Å². The lowest BCUT2D eigenvalue weighted by molar-refractivity contribution is -0.790. The Morgan fingerprint density at radius 2 is 1.75 bits per heavy atom. The van der Waals surface area contributed by atoms with E-state index >= 15 is 0 Å². The van der Waals surface area contributed by atoms with Gasteiger partial charge >= 0.3 is 5.97 Å². The summed E-state index contributed by atoms with van der Waals surface area (Å²) in [6, 6.07) is 11.3. The molecule has 0 spiro atoms. The SMILES string of the molecule is COc1ccc2c(c1)c(CC(=O)OC[C@@H](CO[N+](=O)[O-])O[N+](=O)[O-])c(C)n2C(=O)c1ccc(Cl)cc1. The van der Waals surface area contributed by atoms with Crippen molar-refractivity contribution in [2.45, 2.75) is 19.4 Å². The minimum absolute atomic E-state index is 0.308. The number of hydrogen-bond donors (Lipinski definition) is 0. The Labute approximate surface area is 208 Å². The van der Waals surface area contributed by atoms with Crippen molar-refractivity contribution < 1.29 is 38.9 Å². The van der Waals surface area contributed by atoms with Crippen molar-refractivity contribution >= 4 is 34.4 Å². The van der Waals surface area contributed by atoms with Crippen molar-refractivity contribution in [2.24, 2.45) is 0 Å². The van der Waals surface area contributed by atoms with Gasteiger partial charge in [-0.05, 0) is 55.0 Å². The third-order valence-corrected chi connectivity index (χ3v) is 5.44. The molecule has 1 heterocycles. The Balaban J connectivity index is 1.89. The molecule has 0 amide bonds. The zero-order chi connectivity index (χ0) is 26.4. The summed E-state index contributed by atoms with van der Waals surface area (Å²) in [4.78, 5) is 55.2. The molecule has 3 aromatic rings. The Kier molecular flexibility index (Phi) is 8.27. The largest absolute Gasteiger partial charge is 0.497 e. The number of hydrogen-bond acceptors (Lipinski definition) is 10. The monoisotopic (exact) mass is 521 g/mol. The summed E-state index contributed by atoms with van der Waals surface area (Å²) in [7, 11) is 1.47. The van der Waals surface area contributed by atoms with Gasteiger partial charge in [0.25, 0.3) is 16.1 Å². The molecular weight excluding hydrogens is 502 g/mol. The lowest BCUT2D eigenvalue weighted by Crippen LogP contribution is -2.30. The summed E-state index contributed by atoms with van der Waals surface area (Å²) in [5.74, 6) is -0.670. The highest BCUT2D eigenvalue weighted by Gasteiger charge is 2.24. The van der Waals surface area contributed by atoms with Crippen LogP contribution in [-0.4, -0.2) is 53.0 Å². The molecule has 0 unspecified atom stereocenters. The van der Waals surface area contributed by atoms with Crippen LogP contribution in [0, 0.1) is 27.2 Å². The first kappa shape index (κ1) is 26.2. The van der Waals surface area contributed by atoms with E-state index in [9.17, 15) is 29.8 Å². The lowest BCUT2D eigenvalue weighted by atomic mass is 10.1. The predicted octanol–water partition coefficient (Wildman–Crippen LogP) is 3.17. The first-order chi connectivity index (χ1) is 17.1. The van der Waals surface area contributed by atoms with Gasteiger partial charge in [-0.2, -0.15) is 0 Å². The quantitative estimate of drug-likeness (QED) is 0.208. The zero-order valence-corrected chi connectivity index (χ0v) is 19.8. The average molecular weight is 522 g/mol. The normalized spacial score (nSPS) is 11.5. The molecule has 36 heavy (non-hydrogen) atoms. The van der Waals surface area contributed by atoms with E-state index in [2.05, 4.69) is 9.68 Å². The van der Waals surface area contributed by atoms with E-state index < -0.39 is 35.5 Å². The van der Waals surface area contributed by atoms with Gasteiger partial charge in [0.1, 0.15) is 19.0 Å². The standard InChI is InChI=1S/C22H20ClN3O10/c1-13-18(10-21(27)34-11-17(36-26(31)32)12-35-25(29)30)19-9-16(33-2)7-8-20(19)24(13)22(28)14-3-5-15(23)6-4-14/h3-9,17H,10-12H2,1-2H3/t17-/m0/s1. The van der Waals surface area contributed by atoms with Gasteiger partial charge in [-0.25, -0.2) is 0 Å². The number of carbonyl (C=O) groups excluding carboxylic acids is 2. The van der Waals surface area contributed by atoms with Crippen LogP contribution >= 0.6 is 11.6 Å². The number of esters is 1. The first-order valence-electron chi connectivity index (χ1n) is 10.3. The second-order valence-electron chi connectivity index (χ2n) is 7.42. The van der Waals surface area contributed by atoms with Crippen LogP contribution < -0.4 is 4.74 Å². The van der Waals surface area contributed by atoms with E-state index in [1.54, 1.807) is 49.4 Å². The molecular formula is C22H20ClN3O10. The minimum Gasteiger partial charge on any atom is -0.497 e. The summed E-state index contributed by atoms with van der Waals surface area (Å²) in [5.41, 5.74) is 1.81. The maximum atomic E-state index is 13.3. The second kappa shape index (κ2) is 11.4. The number of carbonyl (C=O) groups is 2. The molecule has 13 nitrogen and oxygen atoms in total. The summed E-state index contributed by atoms with van der Waals surface area (Å²) in [5, 5.41) is 19.7. The van der Waals surface area contributed by atoms with Gasteiger partial charge in [0.2, 0.25) is 0 Å². The van der Waals surface area contributed by atoms with Crippen molar-refractivity contribution in [2.75, 3.05) is 20.3 Å². The molecule has 1 atom stereocenters. The number of fused-ring (bicyclic) bond motifs is 1. The first-order valence-corrected chi connectivity index (χ1v) is 10.7. The molecule has 0 bridgehead atoms. The Bertz CT molecular complexity index is 1310. The number of nitrogens with zero attached hydrogens (tertiary/aromatic N) is 3. The third kappa shape index (κ3) is 6.18. The summed E-state index contributed by atoms with van der Waals surface area (Å²) >= 11 is 5.93.